The summed E-state index contributed by atoms with van der Waals surface area (Å²) in [6.45, 7) is 13.8. The van der Waals surface area contributed by atoms with Crippen LogP contribution >= 0.6 is 15.9 Å². The van der Waals surface area contributed by atoms with Gasteiger partial charge in [-0.1, -0.05) is 70.3 Å². The second-order valence-corrected chi connectivity index (χ2v) is 15.1. The van der Waals surface area contributed by atoms with Crippen LogP contribution in [0.3, 0.4) is 0 Å². The van der Waals surface area contributed by atoms with Gasteiger partial charge in [-0.05, 0) is 59.6 Å². The van der Waals surface area contributed by atoms with Crippen molar-refractivity contribution in [1.82, 2.24) is 0 Å². The van der Waals surface area contributed by atoms with Gasteiger partial charge in [-0.3, -0.25) is 4.79 Å². The summed E-state index contributed by atoms with van der Waals surface area (Å²) < 4.78 is 6.70. The number of hydrogen-bond donors (Lipinski definition) is 0. The quantitative estimate of drug-likeness (QED) is 0.240. The molecule has 0 radical (unpaired) electrons. The third-order valence-corrected chi connectivity index (χ3v) is 13.4. The molecule has 1 saturated carbocycles. The summed E-state index contributed by atoms with van der Waals surface area (Å²) in [4.78, 5) is 12.7. The molecule has 1 aliphatic rings. The average Bonchev–Trinajstić information content (AvgIpc) is 3.12. The number of benzene rings is 1. The van der Waals surface area contributed by atoms with Crippen molar-refractivity contribution in [2.75, 3.05) is 0 Å². The van der Waals surface area contributed by atoms with E-state index in [1.54, 1.807) is 0 Å². The SMILES string of the molecule is CC(C)[Si](Oc1ccc(C(=O)C(Br)C2CCCC2)cc1)(C(C)C)C(C)C. The van der Waals surface area contributed by atoms with Crippen LogP contribution < -0.4 is 4.43 Å². The molecular formula is C22H35BrO2Si. The molecule has 0 bridgehead atoms. The molecule has 1 aromatic carbocycles. The minimum Gasteiger partial charge on any atom is -0.543 e. The molecule has 1 atom stereocenters. The van der Waals surface area contributed by atoms with Crippen LogP contribution in [-0.2, 0) is 0 Å². The maximum atomic E-state index is 12.8. The highest BCUT2D eigenvalue weighted by atomic mass is 79.9. The van der Waals surface area contributed by atoms with Crippen molar-refractivity contribution in [1.29, 1.82) is 0 Å². The third kappa shape index (κ3) is 4.44. The van der Waals surface area contributed by atoms with Gasteiger partial charge in [0.1, 0.15) is 5.75 Å². The second kappa shape index (κ2) is 9.05. The van der Waals surface area contributed by atoms with Gasteiger partial charge in [-0.2, -0.15) is 0 Å². The van der Waals surface area contributed by atoms with E-state index in [0.29, 0.717) is 22.5 Å². The zero-order valence-electron chi connectivity index (χ0n) is 17.2. The summed E-state index contributed by atoms with van der Waals surface area (Å²) in [5.74, 6) is 1.61. The minimum atomic E-state index is -1.95. The zero-order chi connectivity index (χ0) is 19.5. The lowest BCUT2D eigenvalue weighted by molar-refractivity contribution is 0.0973. The van der Waals surface area contributed by atoms with Crippen molar-refractivity contribution < 1.29 is 9.22 Å². The molecule has 0 aliphatic heterocycles. The van der Waals surface area contributed by atoms with Crippen LogP contribution in [0.1, 0.15) is 77.6 Å². The average molecular weight is 440 g/mol. The van der Waals surface area contributed by atoms with Crippen LogP contribution in [0.25, 0.3) is 0 Å². The summed E-state index contributed by atoms with van der Waals surface area (Å²) in [6.07, 6.45) is 4.82. The van der Waals surface area contributed by atoms with E-state index in [9.17, 15) is 4.79 Å². The summed E-state index contributed by atoms with van der Waals surface area (Å²) in [5, 5.41) is 0. The number of hydrogen-bond acceptors (Lipinski definition) is 2. The Balaban J connectivity index is 2.16. The fraction of sp³-hybridized carbons (Fsp3) is 0.682. The van der Waals surface area contributed by atoms with Crippen LogP contribution in [-0.4, -0.2) is 18.9 Å². The van der Waals surface area contributed by atoms with Crippen molar-refractivity contribution in [3.8, 4) is 5.75 Å². The Kier molecular flexibility index (Phi) is 7.55. The number of halogens is 1. The van der Waals surface area contributed by atoms with Crippen molar-refractivity contribution in [3.05, 3.63) is 29.8 Å². The summed E-state index contributed by atoms with van der Waals surface area (Å²) >= 11 is 3.66. The molecule has 2 nitrogen and oxygen atoms in total. The molecule has 0 N–H and O–H groups in total. The van der Waals surface area contributed by atoms with Crippen LogP contribution in [0.5, 0.6) is 5.75 Å². The van der Waals surface area contributed by atoms with E-state index >= 15 is 0 Å². The predicted molar refractivity (Wildman–Crippen MR) is 117 cm³/mol. The van der Waals surface area contributed by atoms with Crippen molar-refractivity contribution in [2.24, 2.45) is 5.92 Å². The minimum absolute atomic E-state index is 0.0489. The molecule has 1 fully saturated rings. The fourth-order valence-electron chi connectivity index (χ4n) is 4.87. The van der Waals surface area contributed by atoms with Gasteiger partial charge in [0.25, 0.3) is 8.32 Å². The Hall–Kier alpha value is -0.613. The highest BCUT2D eigenvalue weighted by Crippen LogP contribution is 2.42. The first kappa shape index (κ1) is 21.7. The Morgan fingerprint density at radius 1 is 0.962 bits per heavy atom. The van der Waals surface area contributed by atoms with E-state index in [4.69, 9.17) is 4.43 Å². The Bertz CT molecular complexity index is 567. The van der Waals surface area contributed by atoms with Gasteiger partial charge < -0.3 is 4.43 Å². The topological polar surface area (TPSA) is 26.3 Å². The van der Waals surface area contributed by atoms with Crippen molar-refractivity contribution >= 4 is 30.0 Å². The van der Waals surface area contributed by atoms with Gasteiger partial charge >= 0.3 is 0 Å². The number of ketones is 1. The monoisotopic (exact) mass is 438 g/mol. The van der Waals surface area contributed by atoms with E-state index < -0.39 is 8.32 Å². The molecule has 0 heterocycles. The van der Waals surface area contributed by atoms with Crippen LogP contribution in [0.2, 0.25) is 16.6 Å². The molecule has 1 unspecified atom stereocenters. The molecule has 0 amide bonds. The van der Waals surface area contributed by atoms with Crippen LogP contribution in [0.4, 0.5) is 0 Å². The van der Waals surface area contributed by atoms with Gasteiger partial charge in [0.05, 0.1) is 4.83 Å². The van der Waals surface area contributed by atoms with E-state index in [2.05, 4.69) is 57.5 Å². The highest BCUT2D eigenvalue weighted by Gasteiger charge is 2.47. The lowest BCUT2D eigenvalue weighted by Gasteiger charge is -2.42. The van der Waals surface area contributed by atoms with Gasteiger partial charge in [-0.15, -0.1) is 0 Å². The van der Waals surface area contributed by atoms with Gasteiger partial charge in [-0.25, -0.2) is 0 Å². The van der Waals surface area contributed by atoms with E-state index in [-0.39, 0.29) is 10.6 Å². The molecule has 26 heavy (non-hydrogen) atoms. The smallest absolute Gasteiger partial charge is 0.258 e. The normalized spacial score (nSPS) is 17.3. The van der Waals surface area contributed by atoms with Crippen LogP contribution in [0.15, 0.2) is 24.3 Å². The van der Waals surface area contributed by atoms with Crippen molar-refractivity contribution in [2.45, 2.75) is 88.7 Å². The Morgan fingerprint density at radius 2 is 1.42 bits per heavy atom. The number of carbonyl (C=O) groups excluding carboxylic acids is 1. The molecule has 2 rings (SSSR count). The Labute approximate surface area is 169 Å². The fourth-order valence-corrected chi connectivity index (χ4v) is 10.9. The number of alkyl halides is 1. The molecule has 146 valence electrons. The zero-order valence-corrected chi connectivity index (χ0v) is 19.8. The molecule has 4 heteroatoms. The number of carbonyl (C=O) groups is 1. The molecule has 0 saturated heterocycles. The Morgan fingerprint density at radius 3 is 1.85 bits per heavy atom. The van der Waals surface area contributed by atoms with Crippen LogP contribution in [0, 0.1) is 5.92 Å². The first-order valence-corrected chi connectivity index (χ1v) is 13.2. The summed E-state index contributed by atoms with van der Waals surface area (Å²) in [6, 6.07) is 7.88. The maximum Gasteiger partial charge on any atom is 0.258 e. The van der Waals surface area contributed by atoms with E-state index in [0.717, 1.165) is 24.2 Å². The second-order valence-electron chi connectivity index (χ2n) is 8.75. The maximum absolute atomic E-state index is 12.8. The largest absolute Gasteiger partial charge is 0.543 e. The molecular weight excluding hydrogens is 404 g/mol. The van der Waals surface area contributed by atoms with Crippen molar-refractivity contribution in [3.63, 3.8) is 0 Å². The van der Waals surface area contributed by atoms with Gasteiger partial charge in [0, 0.05) is 5.56 Å². The van der Waals surface area contributed by atoms with E-state index in [1.165, 1.54) is 12.8 Å². The summed E-state index contributed by atoms with van der Waals surface area (Å²) in [5.41, 5.74) is 2.41. The van der Waals surface area contributed by atoms with Gasteiger partial charge in [0.2, 0.25) is 0 Å². The first-order valence-electron chi connectivity index (χ1n) is 10.2. The molecule has 1 aliphatic carbocycles. The first-order chi connectivity index (χ1) is 12.2. The van der Waals surface area contributed by atoms with Gasteiger partial charge in [0.15, 0.2) is 5.78 Å². The molecule has 1 aromatic rings. The highest BCUT2D eigenvalue weighted by molar-refractivity contribution is 9.10. The molecule has 0 spiro atoms. The predicted octanol–water partition coefficient (Wildman–Crippen LogP) is 7.38. The number of rotatable bonds is 8. The number of Topliss-reactive ketones (excluding diaryl/α,β-unsaturated/α-hetero) is 1. The third-order valence-electron chi connectivity index (χ3n) is 6.20. The summed E-state index contributed by atoms with van der Waals surface area (Å²) in [7, 11) is -1.95. The standard InChI is InChI=1S/C22H35BrO2Si/c1-15(2)26(16(3)4,17(5)6)25-20-13-11-19(12-14-20)22(24)21(23)18-9-7-8-10-18/h11-18,21H,7-10H2,1-6H3. The lowest BCUT2D eigenvalue weighted by atomic mass is 9.97. The van der Waals surface area contributed by atoms with E-state index in [1.807, 2.05) is 24.3 Å². The molecule has 0 aromatic heterocycles. The lowest BCUT2D eigenvalue weighted by Crippen LogP contribution is -2.50.